The van der Waals surface area contributed by atoms with Gasteiger partial charge < -0.3 is 10.6 Å². The lowest BCUT2D eigenvalue weighted by Crippen LogP contribution is -2.31. The van der Waals surface area contributed by atoms with Crippen molar-refractivity contribution in [2.75, 3.05) is 10.3 Å². The third-order valence-electron chi connectivity index (χ3n) is 4.89. The lowest BCUT2D eigenvalue weighted by atomic mass is 10.0. The van der Waals surface area contributed by atoms with Crippen molar-refractivity contribution in [3.8, 4) is 0 Å². The topological polar surface area (TPSA) is 73.8 Å². The molecule has 1 saturated heterocycles. The fourth-order valence-corrected chi connectivity index (χ4v) is 4.24. The highest BCUT2D eigenvalue weighted by Crippen LogP contribution is 2.32. The van der Waals surface area contributed by atoms with Crippen LogP contribution in [0.3, 0.4) is 0 Å². The summed E-state index contributed by atoms with van der Waals surface area (Å²) in [5.74, 6) is -0.872. The SMILES string of the molecule is CCc1ccc(N[C@H]2NC(=O)/C(=C/[C@H]3C(=O)N(c4ccccc4)N=C3C)S2)cc1. The number of anilines is 2. The molecule has 0 aliphatic carbocycles. The quantitative estimate of drug-likeness (QED) is 0.742. The maximum atomic E-state index is 12.9. The van der Waals surface area contributed by atoms with Gasteiger partial charge in [-0.2, -0.15) is 10.1 Å². The van der Waals surface area contributed by atoms with Crippen molar-refractivity contribution >= 4 is 40.7 Å². The molecule has 2 atom stereocenters. The Labute approximate surface area is 174 Å². The molecule has 1 fully saturated rings. The number of benzene rings is 2. The highest BCUT2D eigenvalue weighted by Gasteiger charge is 2.36. The average molecular weight is 407 g/mol. The standard InChI is InChI=1S/C22H22N4O2S/c1-3-15-9-11-16(12-10-15)23-22-24-20(27)19(29-22)13-18-14(2)25-26(21(18)28)17-7-5-4-6-8-17/h4-13,18,22-23H,3H2,1-2H3,(H,24,27)/b19-13-/t18-,22+/m1/s1. The van der Waals surface area contributed by atoms with Crippen molar-refractivity contribution in [3.63, 3.8) is 0 Å². The Balaban J connectivity index is 1.46. The summed E-state index contributed by atoms with van der Waals surface area (Å²) in [5, 5.41) is 12.0. The van der Waals surface area contributed by atoms with Crippen LogP contribution in [0.1, 0.15) is 19.4 Å². The summed E-state index contributed by atoms with van der Waals surface area (Å²) >= 11 is 1.38. The number of aryl methyl sites for hydroxylation is 1. The second-order valence-electron chi connectivity index (χ2n) is 6.90. The van der Waals surface area contributed by atoms with E-state index in [0.717, 1.165) is 17.8 Å². The number of hydrogen-bond donors (Lipinski definition) is 2. The van der Waals surface area contributed by atoms with E-state index in [1.54, 1.807) is 6.08 Å². The van der Waals surface area contributed by atoms with Crippen molar-refractivity contribution in [3.05, 3.63) is 71.1 Å². The zero-order valence-electron chi connectivity index (χ0n) is 16.3. The summed E-state index contributed by atoms with van der Waals surface area (Å²) in [6, 6.07) is 17.4. The third kappa shape index (κ3) is 4.05. The maximum Gasteiger partial charge on any atom is 0.260 e. The predicted molar refractivity (Wildman–Crippen MR) is 118 cm³/mol. The van der Waals surface area contributed by atoms with Crippen molar-refractivity contribution < 1.29 is 9.59 Å². The number of hydrogen-bond acceptors (Lipinski definition) is 5. The predicted octanol–water partition coefficient (Wildman–Crippen LogP) is 3.73. The second-order valence-corrected chi connectivity index (χ2v) is 8.05. The van der Waals surface area contributed by atoms with Gasteiger partial charge in [0.25, 0.3) is 11.8 Å². The lowest BCUT2D eigenvalue weighted by molar-refractivity contribution is -0.118. The van der Waals surface area contributed by atoms with Crippen LogP contribution in [-0.4, -0.2) is 23.0 Å². The molecule has 0 unspecified atom stereocenters. The number of carbonyl (C=O) groups is 2. The molecule has 0 aromatic heterocycles. The van der Waals surface area contributed by atoms with E-state index in [4.69, 9.17) is 0 Å². The molecule has 7 heteroatoms. The molecule has 6 nitrogen and oxygen atoms in total. The van der Waals surface area contributed by atoms with E-state index in [9.17, 15) is 9.59 Å². The molecular formula is C22H22N4O2S. The first-order valence-electron chi connectivity index (χ1n) is 9.54. The van der Waals surface area contributed by atoms with Crippen molar-refractivity contribution in [1.82, 2.24) is 5.32 Å². The Morgan fingerprint density at radius 3 is 2.55 bits per heavy atom. The summed E-state index contributed by atoms with van der Waals surface area (Å²) in [5.41, 5.74) is 3.31. The molecule has 148 valence electrons. The summed E-state index contributed by atoms with van der Waals surface area (Å²) < 4.78 is 0. The number of hydrazone groups is 1. The Morgan fingerprint density at radius 2 is 1.86 bits per heavy atom. The van der Waals surface area contributed by atoms with Crippen LogP contribution in [0.2, 0.25) is 0 Å². The first-order valence-corrected chi connectivity index (χ1v) is 10.4. The molecule has 2 aliphatic rings. The fraction of sp³-hybridized carbons (Fsp3) is 0.227. The van der Waals surface area contributed by atoms with Gasteiger partial charge in [0.15, 0.2) is 5.50 Å². The highest BCUT2D eigenvalue weighted by molar-refractivity contribution is 8.05. The van der Waals surface area contributed by atoms with Crippen LogP contribution in [-0.2, 0) is 16.0 Å². The first kappa shape index (κ1) is 19.3. The largest absolute Gasteiger partial charge is 0.357 e. The number of amides is 2. The molecule has 2 aromatic rings. The third-order valence-corrected chi connectivity index (χ3v) is 5.94. The van der Waals surface area contributed by atoms with Gasteiger partial charge in [0.05, 0.1) is 22.2 Å². The van der Waals surface area contributed by atoms with E-state index in [1.807, 2.05) is 49.4 Å². The summed E-state index contributed by atoms with van der Waals surface area (Å²) in [7, 11) is 0. The van der Waals surface area contributed by atoms with Crippen LogP contribution in [0.5, 0.6) is 0 Å². The molecule has 0 spiro atoms. The van der Waals surface area contributed by atoms with E-state index in [0.29, 0.717) is 10.6 Å². The zero-order chi connectivity index (χ0) is 20.4. The van der Waals surface area contributed by atoms with Crippen LogP contribution in [0.25, 0.3) is 0 Å². The van der Waals surface area contributed by atoms with E-state index >= 15 is 0 Å². The van der Waals surface area contributed by atoms with Gasteiger partial charge in [0.1, 0.15) is 0 Å². The van der Waals surface area contributed by atoms with Crippen LogP contribution in [0.15, 0.2) is 70.7 Å². The van der Waals surface area contributed by atoms with Gasteiger partial charge in [-0.15, -0.1) is 0 Å². The molecule has 2 amide bonds. The van der Waals surface area contributed by atoms with Gasteiger partial charge in [0, 0.05) is 5.69 Å². The number of nitrogens with zero attached hydrogens (tertiary/aromatic N) is 2. The normalized spacial score (nSPS) is 22.8. The van der Waals surface area contributed by atoms with Gasteiger partial charge in [-0.3, -0.25) is 9.59 Å². The Kier molecular flexibility index (Phi) is 5.40. The molecular weight excluding hydrogens is 384 g/mol. The molecule has 4 rings (SSSR count). The van der Waals surface area contributed by atoms with Crippen molar-refractivity contribution in [1.29, 1.82) is 0 Å². The number of nitrogens with one attached hydrogen (secondary N) is 2. The molecule has 2 aliphatic heterocycles. The van der Waals surface area contributed by atoms with Gasteiger partial charge >= 0.3 is 0 Å². The smallest absolute Gasteiger partial charge is 0.260 e. The Morgan fingerprint density at radius 1 is 1.14 bits per heavy atom. The van der Waals surface area contributed by atoms with E-state index in [-0.39, 0.29) is 17.3 Å². The molecule has 0 saturated carbocycles. The molecule has 0 radical (unpaired) electrons. The molecule has 0 bridgehead atoms. The van der Waals surface area contributed by atoms with Crippen LogP contribution in [0, 0.1) is 5.92 Å². The number of carbonyl (C=O) groups excluding carboxylic acids is 2. The van der Waals surface area contributed by atoms with Crippen LogP contribution in [0.4, 0.5) is 11.4 Å². The molecule has 29 heavy (non-hydrogen) atoms. The van der Waals surface area contributed by atoms with Gasteiger partial charge in [0.2, 0.25) is 0 Å². The fourth-order valence-electron chi connectivity index (χ4n) is 3.25. The zero-order valence-corrected chi connectivity index (χ0v) is 17.1. The molecule has 2 N–H and O–H groups in total. The van der Waals surface area contributed by atoms with Crippen molar-refractivity contribution in [2.24, 2.45) is 11.0 Å². The summed E-state index contributed by atoms with van der Waals surface area (Å²) in [4.78, 5) is 25.8. The number of para-hydroxylation sites is 1. The first-order chi connectivity index (χ1) is 14.0. The minimum Gasteiger partial charge on any atom is -0.357 e. The van der Waals surface area contributed by atoms with Crippen LogP contribution < -0.4 is 15.6 Å². The van der Waals surface area contributed by atoms with Gasteiger partial charge in [-0.25, -0.2) is 0 Å². The number of thioether (sulfide) groups is 1. The number of rotatable bonds is 5. The van der Waals surface area contributed by atoms with Crippen LogP contribution >= 0.6 is 11.8 Å². The minimum absolute atomic E-state index is 0.152. The molecule has 2 aromatic carbocycles. The van der Waals surface area contributed by atoms with Gasteiger partial charge in [-0.1, -0.05) is 49.0 Å². The monoisotopic (exact) mass is 406 g/mol. The van der Waals surface area contributed by atoms with Crippen molar-refractivity contribution in [2.45, 2.75) is 25.8 Å². The molecule has 2 heterocycles. The second kappa shape index (κ2) is 8.13. The van der Waals surface area contributed by atoms with E-state index in [1.165, 1.54) is 22.3 Å². The highest BCUT2D eigenvalue weighted by atomic mass is 32.2. The van der Waals surface area contributed by atoms with E-state index < -0.39 is 5.92 Å². The maximum absolute atomic E-state index is 12.9. The average Bonchev–Trinajstić information content (AvgIpc) is 3.23. The lowest BCUT2D eigenvalue weighted by Gasteiger charge is -2.13. The Hall–Kier alpha value is -3.06. The summed E-state index contributed by atoms with van der Waals surface area (Å²) in [6.07, 6.45) is 2.70. The van der Waals surface area contributed by atoms with Gasteiger partial charge in [-0.05, 0) is 49.2 Å². The van der Waals surface area contributed by atoms with E-state index in [2.05, 4.69) is 34.8 Å². The summed E-state index contributed by atoms with van der Waals surface area (Å²) in [6.45, 7) is 3.92. The minimum atomic E-state index is -0.536. The Bertz CT molecular complexity index is 986.